The lowest BCUT2D eigenvalue weighted by atomic mass is 10.2. The van der Waals surface area contributed by atoms with Gasteiger partial charge in [-0.3, -0.25) is 10.4 Å². The Morgan fingerprint density at radius 1 is 1.47 bits per heavy atom. The van der Waals surface area contributed by atoms with Crippen LogP contribution in [0.25, 0.3) is 0 Å². The predicted octanol–water partition coefficient (Wildman–Crippen LogP) is 0.202. The Labute approximate surface area is 88.4 Å². The number of ether oxygens (including phenoxy) is 1. The zero-order valence-electron chi connectivity index (χ0n) is 8.44. The monoisotopic (exact) mass is 206 g/mol. The molecule has 1 aliphatic rings. The second-order valence-corrected chi connectivity index (χ2v) is 3.41. The number of rotatable bonds is 2. The van der Waals surface area contributed by atoms with E-state index in [4.69, 9.17) is 15.9 Å². The first-order chi connectivity index (χ1) is 7.29. The largest absolute Gasteiger partial charge is 0.384 e. The van der Waals surface area contributed by atoms with E-state index < -0.39 is 0 Å². The molecule has 2 heterocycles. The van der Waals surface area contributed by atoms with Gasteiger partial charge in [0.1, 0.15) is 5.84 Å². The van der Waals surface area contributed by atoms with Gasteiger partial charge >= 0.3 is 0 Å². The van der Waals surface area contributed by atoms with Crippen LogP contribution < -0.4 is 10.6 Å². The highest BCUT2D eigenvalue weighted by atomic mass is 16.5. The number of aromatic nitrogens is 1. The van der Waals surface area contributed by atoms with Crippen molar-refractivity contribution in [2.75, 3.05) is 31.2 Å². The van der Waals surface area contributed by atoms with Gasteiger partial charge in [-0.1, -0.05) is 0 Å². The molecular weight excluding hydrogens is 192 g/mol. The van der Waals surface area contributed by atoms with E-state index in [-0.39, 0.29) is 5.84 Å². The van der Waals surface area contributed by atoms with Gasteiger partial charge in [0.25, 0.3) is 0 Å². The molecule has 0 spiro atoms. The maximum atomic E-state index is 7.49. The Bertz CT molecular complexity index is 360. The first-order valence-electron chi connectivity index (χ1n) is 4.90. The van der Waals surface area contributed by atoms with Crippen LogP contribution in [-0.4, -0.2) is 37.1 Å². The van der Waals surface area contributed by atoms with Crippen LogP contribution in [0.3, 0.4) is 0 Å². The molecule has 0 unspecified atom stereocenters. The first kappa shape index (κ1) is 9.92. The van der Waals surface area contributed by atoms with E-state index in [0.717, 1.165) is 24.3 Å². The average molecular weight is 206 g/mol. The molecule has 1 fully saturated rings. The molecule has 0 amide bonds. The molecule has 80 valence electrons. The second kappa shape index (κ2) is 4.27. The molecule has 1 saturated heterocycles. The molecule has 0 radical (unpaired) electrons. The van der Waals surface area contributed by atoms with Crippen LogP contribution >= 0.6 is 0 Å². The molecule has 1 aromatic rings. The van der Waals surface area contributed by atoms with Gasteiger partial charge in [0.15, 0.2) is 0 Å². The summed E-state index contributed by atoms with van der Waals surface area (Å²) < 4.78 is 5.27. The van der Waals surface area contributed by atoms with Crippen molar-refractivity contribution in [2.45, 2.75) is 0 Å². The third-order valence-corrected chi connectivity index (χ3v) is 2.44. The van der Waals surface area contributed by atoms with Crippen molar-refractivity contribution in [3.05, 3.63) is 24.0 Å². The van der Waals surface area contributed by atoms with E-state index in [2.05, 4.69) is 9.88 Å². The van der Waals surface area contributed by atoms with E-state index in [0.29, 0.717) is 13.2 Å². The minimum atomic E-state index is 0.0823. The molecule has 5 nitrogen and oxygen atoms in total. The Kier molecular flexibility index (Phi) is 2.82. The summed E-state index contributed by atoms with van der Waals surface area (Å²) in [6, 6.07) is 1.77. The van der Waals surface area contributed by atoms with Gasteiger partial charge in [-0.15, -0.1) is 0 Å². The maximum absolute atomic E-state index is 7.49. The SMILES string of the molecule is N=C(N)c1ccncc1N1CCOCC1. The van der Waals surface area contributed by atoms with Crippen LogP contribution in [0.15, 0.2) is 18.5 Å². The summed E-state index contributed by atoms with van der Waals surface area (Å²) in [5, 5.41) is 7.49. The maximum Gasteiger partial charge on any atom is 0.125 e. The van der Waals surface area contributed by atoms with Crippen molar-refractivity contribution in [3.8, 4) is 0 Å². The van der Waals surface area contributed by atoms with Gasteiger partial charge in [0.05, 0.1) is 25.1 Å². The van der Waals surface area contributed by atoms with Gasteiger partial charge in [-0.25, -0.2) is 0 Å². The number of pyridine rings is 1. The second-order valence-electron chi connectivity index (χ2n) is 3.41. The van der Waals surface area contributed by atoms with Crippen molar-refractivity contribution in [1.82, 2.24) is 4.98 Å². The highest BCUT2D eigenvalue weighted by molar-refractivity contribution is 6.00. The van der Waals surface area contributed by atoms with E-state index in [1.165, 1.54) is 0 Å². The van der Waals surface area contributed by atoms with Crippen molar-refractivity contribution in [3.63, 3.8) is 0 Å². The number of nitrogens with zero attached hydrogens (tertiary/aromatic N) is 2. The summed E-state index contributed by atoms with van der Waals surface area (Å²) in [5.74, 6) is 0.0823. The number of hydrogen-bond acceptors (Lipinski definition) is 4. The van der Waals surface area contributed by atoms with Gasteiger partial charge < -0.3 is 15.4 Å². The van der Waals surface area contributed by atoms with Gasteiger partial charge in [-0.05, 0) is 6.07 Å². The molecule has 5 heteroatoms. The minimum absolute atomic E-state index is 0.0823. The van der Waals surface area contributed by atoms with Crippen LogP contribution in [-0.2, 0) is 4.74 Å². The quantitative estimate of drug-likeness (QED) is 0.535. The Hall–Kier alpha value is -1.62. The Balaban J connectivity index is 2.29. The molecule has 0 atom stereocenters. The summed E-state index contributed by atoms with van der Waals surface area (Å²) in [5.41, 5.74) is 7.19. The van der Waals surface area contributed by atoms with E-state index in [1.807, 2.05) is 0 Å². The highest BCUT2D eigenvalue weighted by Gasteiger charge is 2.15. The lowest BCUT2D eigenvalue weighted by Gasteiger charge is -2.29. The third kappa shape index (κ3) is 2.07. The number of morpholine rings is 1. The molecule has 2 rings (SSSR count). The molecule has 1 aliphatic heterocycles. The molecule has 15 heavy (non-hydrogen) atoms. The Morgan fingerprint density at radius 3 is 2.87 bits per heavy atom. The van der Waals surface area contributed by atoms with Crippen molar-refractivity contribution in [1.29, 1.82) is 5.41 Å². The number of nitrogens with one attached hydrogen (secondary N) is 1. The fraction of sp³-hybridized carbons (Fsp3) is 0.400. The third-order valence-electron chi connectivity index (χ3n) is 2.44. The Morgan fingerprint density at radius 2 is 2.20 bits per heavy atom. The van der Waals surface area contributed by atoms with Gasteiger partial charge in [-0.2, -0.15) is 0 Å². The topological polar surface area (TPSA) is 75.2 Å². The zero-order chi connectivity index (χ0) is 10.7. The fourth-order valence-electron chi connectivity index (χ4n) is 1.67. The predicted molar refractivity (Wildman–Crippen MR) is 58.3 cm³/mol. The van der Waals surface area contributed by atoms with Crippen molar-refractivity contribution in [2.24, 2.45) is 5.73 Å². The summed E-state index contributed by atoms with van der Waals surface area (Å²) >= 11 is 0. The molecule has 0 bridgehead atoms. The summed E-state index contributed by atoms with van der Waals surface area (Å²) in [7, 11) is 0. The number of anilines is 1. The smallest absolute Gasteiger partial charge is 0.125 e. The van der Waals surface area contributed by atoms with Crippen LogP contribution in [0, 0.1) is 5.41 Å². The van der Waals surface area contributed by atoms with E-state index in [1.54, 1.807) is 18.5 Å². The van der Waals surface area contributed by atoms with Crippen LogP contribution in [0.1, 0.15) is 5.56 Å². The number of nitrogen functional groups attached to an aromatic ring is 1. The van der Waals surface area contributed by atoms with E-state index >= 15 is 0 Å². The number of hydrogen-bond donors (Lipinski definition) is 2. The fourth-order valence-corrected chi connectivity index (χ4v) is 1.67. The molecule has 3 N–H and O–H groups in total. The van der Waals surface area contributed by atoms with Crippen molar-refractivity contribution >= 4 is 11.5 Å². The first-order valence-corrected chi connectivity index (χ1v) is 4.90. The lowest BCUT2D eigenvalue weighted by molar-refractivity contribution is 0.122. The highest BCUT2D eigenvalue weighted by Crippen LogP contribution is 2.19. The van der Waals surface area contributed by atoms with Crippen LogP contribution in [0.5, 0.6) is 0 Å². The summed E-state index contributed by atoms with van der Waals surface area (Å²) in [4.78, 5) is 6.21. The molecule has 0 aromatic carbocycles. The lowest BCUT2D eigenvalue weighted by Crippen LogP contribution is -2.37. The van der Waals surface area contributed by atoms with Crippen LogP contribution in [0.2, 0.25) is 0 Å². The van der Waals surface area contributed by atoms with Crippen LogP contribution in [0.4, 0.5) is 5.69 Å². The molecular formula is C10H14N4O. The standard InChI is InChI=1S/C10H14N4O/c11-10(12)8-1-2-13-7-9(8)14-3-5-15-6-4-14/h1-2,7H,3-6H2,(H3,11,12). The average Bonchev–Trinajstić information content (AvgIpc) is 2.30. The summed E-state index contributed by atoms with van der Waals surface area (Å²) in [6.07, 6.45) is 3.41. The zero-order valence-corrected chi connectivity index (χ0v) is 8.44. The summed E-state index contributed by atoms with van der Waals surface area (Å²) in [6.45, 7) is 3.08. The molecule has 1 aromatic heterocycles. The molecule has 0 saturated carbocycles. The number of amidine groups is 1. The van der Waals surface area contributed by atoms with Gasteiger partial charge in [0.2, 0.25) is 0 Å². The number of nitrogens with two attached hydrogens (primary N) is 1. The van der Waals surface area contributed by atoms with E-state index in [9.17, 15) is 0 Å². The molecule has 0 aliphatic carbocycles. The normalized spacial score (nSPS) is 16.4. The van der Waals surface area contributed by atoms with Gasteiger partial charge in [0, 0.05) is 24.8 Å². The van der Waals surface area contributed by atoms with Crippen molar-refractivity contribution < 1.29 is 4.74 Å². The minimum Gasteiger partial charge on any atom is -0.384 e.